The second-order valence-corrected chi connectivity index (χ2v) is 7.58. The molecular weight excluding hydrogens is 423 g/mol. The molecule has 7 nitrogen and oxygen atoms in total. The van der Waals surface area contributed by atoms with Crippen LogP contribution in [0.15, 0.2) is 35.2 Å². The van der Waals surface area contributed by atoms with Crippen LogP contribution in [0.25, 0.3) is 28.3 Å². The summed E-state index contributed by atoms with van der Waals surface area (Å²) in [6, 6.07) is 3.42. The maximum Gasteiger partial charge on any atom is 0.458 e. The molecular formula is C19H15F5N6O. The quantitative estimate of drug-likeness (QED) is 0.450. The fourth-order valence-electron chi connectivity index (χ4n) is 3.93. The molecule has 0 aliphatic carbocycles. The topological polar surface area (TPSA) is 72.4 Å². The molecule has 1 unspecified atom stereocenters. The van der Waals surface area contributed by atoms with Crippen LogP contribution in [0.4, 0.5) is 22.0 Å². The Labute approximate surface area is 171 Å². The van der Waals surface area contributed by atoms with Crippen molar-refractivity contribution in [3.05, 3.63) is 42.0 Å². The van der Waals surface area contributed by atoms with Crippen molar-refractivity contribution in [3.8, 4) is 11.6 Å². The predicted octanol–water partition coefficient (Wildman–Crippen LogP) is 4.01. The number of halogens is 5. The van der Waals surface area contributed by atoms with Crippen molar-refractivity contribution in [2.45, 2.75) is 24.4 Å². The van der Waals surface area contributed by atoms with E-state index in [4.69, 9.17) is 4.42 Å². The summed E-state index contributed by atoms with van der Waals surface area (Å²) in [5.41, 5.74) is -0.417. The maximum absolute atomic E-state index is 14.5. The molecule has 4 aromatic rings. The van der Waals surface area contributed by atoms with Gasteiger partial charge in [-0.3, -0.25) is 4.40 Å². The van der Waals surface area contributed by atoms with Gasteiger partial charge in [0.2, 0.25) is 6.39 Å². The van der Waals surface area contributed by atoms with Gasteiger partial charge in [-0.2, -0.15) is 22.0 Å². The first-order valence-corrected chi connectivity index (χ1v) is 9.38. The van der Waals surface area contributed by atoms with Crippen LogP contribution in [0.1, 0.15) is 23.6 Å². The number of alkyl halides is 5. The van der Waals surface area contributed by atoms with Gasteiger partial charge in [0.05, 0.1) is 0 Å². The van der Waals surface area contributed by atoms with Gasteiger partial charge in [0.25, 0.3) is 5.89 Å². The second kappa shape index (κ2) is 6.67. The summed E-state index contributed by atoms with van der Waals surface area (Å²) in [7, 11) is 1.86. The zero-order valence-electron chi connectivity index (χ0n) is 16.1. The number of hydrogen-bond acceptors (Lipinski definition) is 6. The van der Waals surface area contributed by atoms with Crippen LogP contribution < -0.4 is 0 Å². The Morgan fingerprint density at radius 1 is 1.13 bits per heavy atom. The first kappa shape index (κ1) is 19.8. The van der Waals surface area contributed by atoms with Crippen molar-refractivity contribution in [2.24, 2.45) is 0 Å². The summed E-state index contributed by atoms with van der Waals surface area (Å²) < 4.78 is 75.5. The van der Waals surface area contributed by atoms with E-state index in [0.29, 0.717) is 25.2 Å². The third-order valence-electron chi connectivity index (χ3n) is 5.50. The lowest BCUT2D eigenvalue weighted by Crippen LogP contribution is -2.34. The van der Waals surface area contributed by atoms with Crippen LogP contribution in [0.2, 0.25) is 0 Å². The van der Waals surface area contributed by atoms with E-state index < -0.39 is 17.7 Å². The average molecular weight is 438 g/mol. The monoisotopic (exact) mass is 438 g/mol. The fraction of sp³-hybridized carbons (Fsp3) is 0.368. The molecule has 0 N–H and O–H groups in total. The molecule has 0 aromatic carbocycles. The molecule has 1 saturated heterocycles. The van der Waals surface area contributed by atoms with Crippen LogP contribution in [-0.4, -0.2) is 55.8 Å². The van der Waals surface area contributed by atoms with E-state index in [9.17, 15) is 22.0 Å². The smallest absolute Gasteiger partial charge is 0.422 e. The van der Waals surface area contributed by atoms with Gasteiger partial charge >= 0.3 is 12.1 Å². The molecule has 0 bridgehead atoms. The number of likely N-dealkylation sites (N-methyl/N-ethyl adjacent to an activating group) is 1. The predicted molar refractivity (Wildman–Crippen MR) is 98.6 cm³/mol. The lowest BCUT2D eigenvalue weighted by molar-refractivity contribution is -0.288. The third-order valence-corrected chi connectivity index (χ3v) is 5.50. The van der Waals surface area contributed by atoms with Crippen LogP contribution in [-0.2, 0) is 5.92 Å². The van der Waals surface area contributed by atoms with Gasteiger partial charge < -0.3 is 9.32 Å². The zero-order chi connectivity index (χ0) is 22.0. The highest BCUT2D eigenvalue weighted by Crippen LogP contribution is 2.47. The number of rotatable bonds is 3. The number of aromatic nitrogens is 5. The van der Waals surface area contributed by atoms with E-state index in [1.165, 1.54) is 22.7 Å². The third kappa shape index (κ3) is 3.12. The lowest BCUT2D eigenvalue weighted by Gasteiger charge is -2.23. The fourth-order valence-corrected chi connectivity index (χ4v) is 3.93. The van der Waals surface area contributed by atoms with Crippen molar-refractivity contribution >= 4 is 16.7 Å². The standard InChI is InChI=1S/C19H15F5N6O/c1-29-5-4-10(7-29)13-6-12(18(20,21)19(22,23)24)11-2-3-15-26-14(17-28-25-9-31-17)8-30(15)16(11)27-13/h2-3,6,8-10H,4-5,7H2,1H3. The van der Waals surface area contributed by atoms with Gasteiger partial charge in [0.1, 0.15) is 17.0 Å². The second-order valence-electron chi connectivity index (χ2n) is 7.58. The molecule has 1 aliphatic heterocycles. The number of likely N-dealkylation sites (tertiary alicyclic amines) is 1. The molecule has 0 radical (unpaired) electrons. The van der Waals surface area contributed by atoms with Gasteiger partial charge in [-0.15, -0.1) is 10.2 Å². The van der Waals surface area contributed by atoms with E-state index in [-0.39, 0.29) is 34.2 Å². The number of hydrogen-bond donors (Lipinski definition) is 0. The van der Waals surface area contributed by atoms with Crippen LogP contribution in [0.5, 0.6) is 0 Å². The molecule has 12 heteroatoms. The molecule has 5 rings (SSSR count). The normalized spacial score (nSPS) is 18.5. The number of pyridine rings is 2. The SMILES string of the molecule is CN1CCC(c2cc(C(F)(F)C(F)(F)F)c3ccc4nc(-c5nnco5)cn4c3n2)C1. The van der Waals surface area contributed by atoms with Crippen molar-refractivity contribution in [3.63, 3.8) is 0 Å². The first-order valence-electron chi connectivity index (χ1n) is 9.38. The van der Waals surface area contributed by atoms with Crippen LogP contribution in [0.3, 0.4) is 0 Å². The Kier molecular flexibility index (Phi) is 4.26. The minimum Gasteiger partial charge on any atom is -0.422 e. The number of imidazole rings is 1. The highest BCUT2D eigenvalue weighted by atomic mass is 19.4. The summed E-state index contributed by atoms with van der Waals surface area (Å²) in [6.07, 6.45) is -2.60. The Balaban J connectivity index is 1.79. The Morgan fingerprint density at radius 2 is 1.94 bits per heavy atom. The maximum atomic E-state index is 14.5. The summed E-state index contributed by atoms with van der Waals surface area (Å²) in [5, 5.41) is 7.01. The molecule has 1 aliphatic rings. The molecule has 31 heavy (non-hydrogen) atoms. The van der Waals surface area contributed by atoms with Crippen molar-refractivity contribution in [1.82, 2.24) is 29.5 Å². The summed E-state index contributed by atoms with van der Waals surface area (Å²) in [4.78, 5) is 10.8. The first-order chi connectivity index (χ1) is 14.6. The van der Waals surface area contributed by atoms with Crippen molar-refractivity contribution < 1.29 is 26.4 Å². The van der Waals surface area contributed by atoms with Gasteiger partial charge in [-0.05, 0) is 38.2 Å². The number of fused-ring (bicyclic) bond motifs is 3. The van der Waals surface area contributed by atoms with Gasteiger partial charge in [-0.1, -0.05) is 0 Å². The van der Waals surface area contributed by atoms with E-state index >= 15 is 0 Å². The van der Waals surface area contributed by atoms with Gasteiger partial charge in [0, 0.05) is 35.3 Å². The van der Waals surface area contributed by atoms with Crippen molar-refractivity contribution in [2.75, 3.05) is 20.1 Å². The molecule has 1 fully saturated rings. The minimum absolute atomic E-state index is 0.0401. The summed E-state index contributed by atoms with van der Waals surface area (Å²) in [5.74, 6) is -5.21. The van der Waals surface area contributed by atoms with E-state index in [1.807, 2.05) is 11.9 Å². The van der Waals surface area contributed by atoms with E-state index in [1.54, 1.807) is 0 Å². The molecule has 0 spiro atoms. The Bertz CT molecular complexity index is 1270. The highest BCUT2D eigenvalue weighted by molar-refractivity contribution is 5.84. The molecule has 4 aromatic heterocycles. The van der Waals surface area contributed by atoms with Gasteiger partial charge in [0.15, 0.2) is 0 Å². The number of nitrogens with zero attached hydrogens (tertiary/aromatic N) is 6. The van der Waals surface area contributed by atoms with Gasteiger partial charge in [-0.25, -0.2) is 9.97 Å². The molecule has 162 valence electrons. The van der Waals surface area contributed by atoms with Crippen molar-refractivity contribution in [1.29, 1.82) is 0 Å². The van der Waals surface area contributed by atoms with Crippen LogP contribution in [0, 0.1) is 0 Å². The highest BCUT2D eigenvalue weighted by Gasteiger charge is 2.59. The van der Waals surface area contributed by atoms with E-state index in [0.717, 1.165) is 12.5 Å². The largest absolute Gasteiger partial charge is 0.458 e. The molecule has 1 atom stereocenters. The summed E-state index contributed by atoms with van der Waals surface area (Å²) >= 11 is 0. The average Bonchev–Trinajstić information content (AvgIpc) is 3.45. The molecule has 0 saturated carbocycles. The van der Waals surface area contributed by atoms with E-state index in [2.05, 4.69) is 20.2 Å². The Morgan fingerprint density at radius 3 is 2.58 bits per heavy atom. The Hall–Kier alpha value is -3.15. The van der Waals surface area contributed by atoms with Crippen LogP contribution >= 0.6 is 0 Å². The minimum atomic E-state index is -5.75. The zero-order valence-corrected chi connectivity index (χ0v) is 16.1. The summed E-state index contributed by atoms with van der Waals surface area (Å²) in [6.45, 7) is 1.22. The molecule has 5 heterocycles. The molecule has 0 amide bonds. The lowest BCUT2D eigenvalue weighted by atomic mass is 9.97.